The number of aromatic nitrogens is 1. The fraction of sp³-hybridized carbons (Fsp3) is 0.375. The number of hydrogen-bond donors (Lipinski definition) is 1. The monoisotopic (exact) mass is 152 g/mol. The van der Waals surface area contributed by atoms with Crippen LogP contribution in [0.25, 0.3) is 0 Å². The number of hydrogen-bond acceptors (Lipinski definition) is 3. The van der Waals surface area contributed by atoms with Crippen molar-refractivity contribution in [1.29, 1.82) is 0 Å². The minimum atomic E-state index is 0.556. The topological polar surface area (TPSA) is 34.1 Å². The second-order valence-electron chi connectivity index (χ2n) is 2.05. The Balaban J connectivity index is 2.28. The second kappa shape index (κ2) is 4.68. The molecule has 1 rings (SSSR count). The summed E-state index contributed by atoms with van der Waals surface area (Å²) >= 11 is 0. The summed E-state index contributed by atoms with van der Waals surface area (Å²) < 4.78 is 5.11. The van der Waals surface area contributed by atoms with Crippen LogP contribution in [0.5, 0.6) is 0 Å². The van der Waals surface area contributed by atoms with E-state index in [0.717, 1.165) is 12.3 Å². The van der Waals surface area contributed by atoms with Gasteiger partial charge in [-0.15, -0.1) is 0 Å². The fourth-order valence-electron chi connectivity index (χ4n) is 0.706. The summed E-state index contributed by atoms with van der Waals surface area (Å²) in [5.74, 6) is 0. The van der Waals surface area contributed by atoms with E-state index in [1.54, 1.807) is 12.4 Å². The van der Waals surface area contributed by atoms with Crippen molar-refractivity contribution in [3.63, 3.8) is 0 Å². The Morgan fingerprint density at radius 2 is 2.18 bits per heavy atom. The van der Waals surface area contributed by atoms with Crippen LogP contribution in [-0.2, 0) is 4.74 Å². The van der Waals surface area contributed by atoms with Gasteiger partial charge in [0.05, 0.1) is 0 Å². The van der Waals surface area contributed by atoms with Crippen molar-refractivity contribution >= 4 is 5.69 Å². The van der Waals surface area contributed by atoms with Crippen molar-refractivity contribution in [2.75, 3.05) is 18.7 Å². The summed E-state index contributed by atoms with van der Waals surface area (Å²) in [6, 6.07) is 3.80. The molecule has 0 fully saturated rings. The van der Waals surface area contributed by atoms with Crippen molar-refractivity contribution in [1.82, 2.24) is 4.98 Å². The fourth-order valence-corrected chi connectivity index (χ4v) is 0.706. The molecular formula is C8H12N2O. The van der Waals surface area contributed by atoms with Gasteiger partial charge in [0.25, 0.3) is 0 Å². The number of ether oxygens (including phenoxy) is 1. The molecule has 0 saturated carbocycles. The predicted octanol–water partition coefficient (Wildman–Crippen LogP) is 1.49. The van der Waals surface area contributed by atoms with Gasteiger partial charge in [-0.2, -0.15) is 0 Å². The van der Waals surface area contributed by atoms with Gasteiger partial charge in [-0.1, -0.05) is 0 Å². The Labute approximate surface area is 66.4 Å². The zero-order valence-electron chi connectivity index (χ0n) is 6.58. The summed E-state index contributed by atoms with van der Waals surface area (Å²) in [6.07, 6.45) is 3.49. The minimum Gasteiger partial charge on any atom is -0.363 e. The van der Waals surface area contributed by atoms with E-state index in [-0.39, 0.29) is 0 Å². The third kappa shape index (κ3) is 3.00. The molecule has 1 aromatic rings. The standard InChI is InChI=1S/C8H12N2O/c1-2-11-7-10-8-3-5-9-6-4-8/h3-6H,2,7H2,1H3,(H,9,10). The highest BCUT2D eigenvalue weighted by atomic mass is 16.5. The lowest BCUT2D eigenvalue weighted by Crippen LogP contribution is -2.05. The molecular weight excluding hydrogens is 140 g/mol. The average Bonchev–Trinajstić information content (AvgIpc) is 2.07. The number of nitrogens with one attached hydrogen (secondary N) is 1. The second-order valence-corrected chi connectivity index (χ2v) is 2.05. The Morgan fingerprint density at radius 3 is 2.82 bits per heavy atom. The summed E-state index contributed by atoms with van der Waals surface area (Å²) in [7, 11) is 0. The molecule has 1 aromatic heterocycles. The molecule has 0 radical (unpaired) electrons. The molecule has 0 amide bonds. The third-order valence-corrected chi connectivity index (χ3v) is 1.26. The van der Waals surface area contributed by atoms with Crippen LogP contribution in [0.1, 0.15) is 6.92 Å². The summed E-state index contributed by atoms with van der Waals surface area (Å²) in [4.78, 5) is 3.89. The predicted molar refractivity (Wildman–Crippen MR) is 44.4 cm³/mol. The molecule has 0 unspecified atom stereocenters. The van der Waals surface area contributed by atoms with Crippen molar-refractivity contribution in [3.8, 4) is 0 Å². The van der Waals surface area contributed by atoms with Gasteiger partial charge in [0, 0.05) is 24.7 Å². The Bertz CT molecular complexity index is 189. The molecule has 0 aliphatic heterocycles. The lowest BCUT2D eigenvalue weighted by molar-refractivity contribution is 0.167. The molecule has 3 nitrogen and oxygen atoms in total. The van der Waals surface area contributed by atoms with Gasteiger partial charge >= 0.3 is 0 Å². The molecule has 0 atom stereocenters. The van der Waals surface area contributed by atoms with Gasteiger partial charge in [-0.25, -0.2) is 0 Å². The number of pyridine rings is 1. The normalized spacial score (nSPS) is 9.55. The molecule has 3 heteroatoms. The van der Waals surface area contributed by atoms with E-state index in [9.17, 15) is 0 Å². The molecule has 0 saturated heterocycles. The molecule has 0 aliphatic carbocycles. The van der Waals surface area contributed by atoms with Crippen LogP contribution in [0.15, 0.2) is 24.5 Å². The largest absolute Gasteiger partial charge is 0.363 e. The van der Waals surface area contributed by atoms with E-state index in [4.69, 9.17) is 4.74 Å². The Kier molecular flexibility index (Phi) is 3.41. The van der Waals surface area contributed by atoms with Gasteiger partial charge in [0.2, 0.25) is 0 Å². The van der Waals surface area contributed by atoms with Crippen molar-refractivity contribution in [2.24, 2.45) is 0 Å². The van der Waals surface area contributed by atoms with Crippen molar-refractivity contribution < 1.29 is 4.74 Å². The highest BCUT2D eigenvalue weighted by Gasteiger charge is 1.86. The quantitative estimate of drug-likeness (QED) is 0.524. The van der Waals surface area contributed by atoms with Crippen molar-refractivity contribution in [2.45, 2.75) is 6.92 Å². The zero-order valence-corrected chi connectivity index (χ0v) is 6.58. The van der Waals surface area contributed by atoms with Crippen LogP contribution < -0.4 is 5.32 Å². The minimum absolute atomic E-state index is 0.556. The highest BCUT2D eigenvalue weighted by molar-refractivity contribution is 5.39. The number of anilines is 1. The zero-order chi connectivity index (χ0) is 7.94. The lowest BCUT2D eigenvalue weighted by Gasteiger charge is -2.04. The van der Waals surface area contributed by atoms with Crippen LogP contribution in [-0.4, -0.2) is 18.3 Å². The molecule has 1 N–H and O–H groups in total. The summed E-state index contributed by atoms with van der Waals surface area (Å²) in [5, 5.41) is 3.08. The molecule has 1 heterocycles. The van der Waals surface area contributed by atoms with Crippen molar-refractivity contribution in [3.05, 3.63) is 24.5 Å². The summed E-state index contributed by atoms with van der Waals surface area (Å²) in [6.45, 7) is 3.26. The van der Waals surface area contributed by atoms with Gasteiger partial charge in [-0.05, 0) is 19.1 Å². The van der Waals surface area contributed by atoms with Crippen LogP contribution in [0, 0.1) is 0 Å². The highest BCUT2D eigenvalue weighted by Crippen LogP contribution is 2.01. The Morgan fingerprint density at radius 1 is 1.45 bits per heavy atom. The smallest absolute Gasteiger partial charge is 0.116 e. The SMILES string of the molecule is CCOCNc1ccncc1. The molecule has 0 spiro atoms. The van der Waals surface area contributed by atoms with E-state index >= 15 is 0 Å². The first-order valence-electron chi connectivity index (χ1n) is 3.65. The van der Waals surface area contributed by atoms with Gasteiger partial charge in [0.15, 0.2) is 0 Å². The van der Waals surface area contributed by atoms with Crippen LogP contribution >= 0.6 is 0 Å². The van der Waals surface area contributed by atoms with Gasteiger partial charge in [-0.3, -0.25) is 4.98 Å². The van der Waals surface area contributed by atoms with E-state index in [0.29, 0.717) is 6.73 Å². The average molecular weight is 152 g/mol. The third-order valence-electron chi connectivity index (χ3n) is 1.26. The van der Waals surface area contributed by atoms with Crippen LogP contribution in [0.4, 0.5) is 5.69 Å². The maximum atomic E-state index is 5.11. The van der Waals surface area contributed by atoms with Gasteiger partial charge in [0.1, 0.15) is 6.73 Å². The van der Waals surface area contributed by atoms with Crippen LogP contribution in [0.2, 0.25) is 0 Å². The molecule has 60 valence electrons. The molecule has 0 aliphatic rings. The number of nitrogens with zero attached hydrogens (tertiary/aromatic N) is 1. The van der Waals surface area contributed by atoms with Crippen LogP contribution in [0.3, 0.4) is 0 Å². The van der Waals surface area contributed by atoms with E-state index < -0.39 is 0 Å². The van der Waals surface area contributed by atoms with E-state index in [1.165, 1.54) is 0 Å². The first-order chi connectivity index (χ1) is 5.43. The number of rotatable bonds is 4. The van der Waals surface area contributed by atoms with Gasteiger partial charge < -0.3 is 10.1 Å². The Hall–Kier alpha value is -1.09. The lowest BCUT2D eigenvalue weighted by atomic mass is 10.4. The van der Waals surface area contributed by atoms with E-state index in [1.807, 2.05) is 19.1 Å². The molecule has 11 heavy (non-hydrogen) atoms. The molecule has 0 aromatic carbocycles. The molecule has 0 bridgehead atoms. The maximum absolute atomic E-state index is 5.11. The maximum Gasteiger partial charge on any atom is 0.116 e. The summed E-state index contributed by atoms with van der Waals surface area (Å²) in [5.41, 5.74) is 1.04. The van der Waals surface area contributed by atoms with E-state index in [2.05, 4.69) is 10.3 Å². The first-order valence-corrected chi connectivity index (χ1v) is 3.65. The first kappa shape index (κ1) is 8.01.